The van der Waals surface area contributed by atoms with Crippen LogP contribution in [0.4, 0.5) is 0 Å². The van der Waals surface area contributed by atoms with Crippen LogP contribution in [0.2, 0.25) is 10.0 Å². The standard InChI is InChI=1S/C15H30N2O2.C7H6Cl2.C2H6/c1-4-9-16(10-5-2)11-6-7-15(19)8-12-17(13-15)14(3)18;1-5-3-2-4-6(8)7(5)9;1-2/h19H,4-13H2,1-3H3;2-4H,1H3;1-2H3. The summed E-state index contributed by atoms with van der Waals surface area (Å²) < 4.78 is 0. The number of likely N-dealkylation sites (tertiary alicyclic amines) is 1. The van der Waals surface area contributed by atoms with Crippen LogP contribution in [0, 0.1) is 6.92 Å². The minimum absolute atomic E-state index is 0.0783. The molecule has 0 aliphatic carbocycles. The van der Waals surface area contributed by atoms with E-state index in [1.54, 1.807) is 17.9 Å². The number of carbonyl (C=O) groups is 1. The highest BCUT2D eigenvalue weighted by Gasteiger charge is 2.36. The number of nitrogens with zero attached hydrogens (tertiary/aromatic N) is 2. The summed E-state index contributed by atoms with van der Waals surface area (Å²) in [6.07, 6.45) is 4.92. The minimum Gasteiger partial charge on any atom is -0.388 e. The molecule has 4 nitrogen and oxygen atoms in total. The first-order valence-electron chi connectivity index (χ1n) is 11.3. The predicted octanol–water partition coefficient (Wildman–Crippen LogP) is 6.20. The van der Waals surface area contributed by atoms with Crippen LogP contribution in [-0.4, -0.2) is 59.1 Å². The van der Waals surface area contributed by atoms with Gasteiger partial charge in [0, 0.05) is 20.0 Å². The molecule has 1 amide bonds. The molecule has 0 aromatic heterocycles. The molecule has 1 aliphatic rings. The topological polar surface area (TPSA) is 43.8 Å². The molecular weight excluding hydrogens is 419 g/mol. The molecule has 0 saturated carbocycles. The Morgan fingerprint density at radius 2 is 1.77 bits per heavy atom. The number of benzene rings is 1. The fraction of sp³-hybridized carbons (Fsp3) is 0.708. The van der Waals surface area contributed by atoms with Crippen molar-refractivity contribution in [1.29, 1.82) is 0 Å². The summed E-state index contributed by atoms with van der Waals surface area (Å²) in [6.45, 7) is 16.5. The van der Waals surface area contributed by atoms with Gasteiger partial charge in [0.2, 0.25) is 5.91 Å². The largest absolute Gasteiger partial charge is 0.388 e. The summed E-state index contributed by atoms with van der Waals surface area (Å²) in [5.74, 6) is 0.0783. The van der Waals surface area contributed by atoms with Gasteiger partial charge in [-0.05, 0) is 70.3 Å². The van der Waals surface area contributed by atoms with Gasteiger partial charge >= 0.3 is 0 Å². The Balaban J connectivity index is 0.000000636. The second-order valence-electron chi connectivity index (χ2n) is 7.73. The molecule has 174 valence electrons. The van der Waals surface area contributed by atoms with Crippen molar-refractivity contribution >= 4 is 29.1 Å². The number of aryl methyl sites for hydroxylation is 1. The van der Waals surface area contributed by atoms with E-state index in [1.165, 1.54) is 12.8 Å². The molecule has 1 saturated heterocycles. The van der Waals surface area contributed by atoms with Crippen LogP contribution in [0.1, 0.15) is 72.3 Å². The third kappa shape index (κ3) is 11.0. The average Bonchev–Trinajstić information content (AvgIpc) is 3.11. The highest BCUT2D eigenvalue weighted by molar-refractivity contribution is 6.42. The van der Waals surface area contributed by atoms with E-state index in [9.17, 15) is 9.90 Å². The lowest BCUT2D eigenvalue weighted by Crippen LogP contribution is -2.36. The quantitative estimate of drug-likeness (QED) is 0.501. The Bertz CT molecular complexity index is 587. The fourth-order valence-electron chi connectivity index (χ4n) is 3.54. The van der Waals surface area contributed by atoms with E-state index < -0.39 is 5.60 Å². The summed E-state index contributed by atoms with van der Waals surface area (Å²) in [4.78, 5) is 15.5. The van der Waals surface area contributed by atoms with E-state index in [0.29, 0.717) is 23.1 Å². The van der Waals surface area contributed by atoms with Gasteiger partial charge in [-0.25, -0.2) is 0 Å². The third-order valence-corrected chi connectivity index (χ3v) is 6.03. The normalized spacial score (nSPS) is 17.9. The van der Waals surface area contributed by atoms with E-state index in [4.69, 9.17) is 23.2 Å². The maximum Gasteiger partial charge on any atom is 0.219 e. The smallest absolute Gasteiger partial charge is 0.219 e. The van der Waals surface area contributed by atoms with E-state index in [0.717, 1.165) is 44.5 Å². The molecule has 6 heteroatoms. The molecule has 1 aromatic rings. The molecule has 1 aromatic carbocycles. The Kier molecular flexibility index (Phi) is 15.5. The molecule has 0 bridgehead atoms. The summed E-state index contributed by atoms with van der Waals surface area (Å²) in [5, 5.41) is 11.7. The van der Waals surface area contributed by atoms with Crippen molar-refractivity contribution in [2.24, 2.45) is 0 Å². The summed E-state index contributed by atoms with van der Waals surface area (Å²) >= 11 is 11.4. The lowest BCUT2D eigenvalue weighted by Gasteiger charge is -2.26. The molecule has 1 heterocycles. The number of carbonyl (C=O) groups excluding carboxylic acids is 1. The SMILES string of the molecule is CC.CCCN(CCC)CCCC1(O)CCN(C(C)=O)C1.Cc1cccc(Cl)c1Cl. The summed E-state index contributed by atoms with van der Waals surface area (Å²) in [6, 6.07) is 5.58. The van der Waals surface area contributed by atoms with Gasteiger partial charge in [-0.15, -0.1) is 0 Å². The molecule has 1 N–H and O–H groups in total. The molecule has 1 aliphatic heterocycles. The number of hydrogen-bond donors (Lipinski definition) is 1. The van der Waals surface area contributed by atoms with Crippen LogP contribution in [-0.2, 0) is 4.79 Å². The first kappa shape index (κ1) is 29.2. The van der Waals surface area contributed by atoms with Crippen LogP contribution in [0.3, 0.4) is 0 Å². The van der Waals surface area contributed by atoms with E-state index in [1.807, 2.05) is 32.9 Å². The van der Waals surface area contributed by atoms with Gasteiger partial charge in [0.05, 0.1) is 15.6 Å². The van der Waals surface area contributed by atoms with Gasteiger partial charge in [0.25, 0.3) is 0 Å². The Hall–Kier alpha value is -0.810. The molecule has 0 spiro atoms. The zero-order valence-corrected chi connectivity index (χ0v) is 21.3. The molecular formula is C24H42Cl2N2O2. The van der Waals surface area contributed by atoms with Crippen molar-refractivity contribution in [3.8, 4) is 0 Å². The minimum atomic E-state index is -0.643. The summed E-state index contributed by atoms with van der Waals surface area (Å²) in [7, 11) is 0. The Morgan fingerprint density at radius 1 is 1.17 bits per heavy atom. The van der Waals surface area contributed by atoms with Gasteiger partial charge in [-0.1, -0.05) is 63.0 Å². The maximum atomic E-state index is 11.3. The summed E-state index contributed by atoms with van der Waals surface area (Å²) in [5.41, 5.74) is 0.375. The van der Waals surface area contributed by atoms with E-state index >= 15 is 0 Å². The van der Waals surface area contributed by atoms with Gasteiger partial charge < -0.3 is 14.9 Å². The van der Waals surface area contributed by atoms with Crippen LogP contribution < -0.4 is 0 Å². The predicted molar refractivity (Wildman–Crippen MR) is 131 cm³/mol. The number of rotatable bonds is 8. The van der Waals surface area contributed by atoms with Crippen molar-refractivity contribution < 1.29 is 9.90 Å². The lowest BCUT2D eigenvalue weighted by atomic mass is 9.97. The van der Waals surface area contributed by atoms with Gasteiger partial charge in [0.15, 0.2) is 0 Å². The third-order valence-electron chi connectivity index (χ3n) is 5.12. The number of amides is 1. The zero-order chi connectivity index (χ0) is 23.2. The van der Waals surface area contributed by atoms with Crippen molar-refractivity contribution in [3.63, 3.8) is 0 Å². The molecule has 1 fully saturated rings. The van der Waals surface area contributed by atoms with E-state index in [-0.39, 0.29) is 5.91 Å². The van der Waals surface area contributed by atoms with Crippen LogP contribution in [0.15, 0.2) is 18.2 Å². The lowest BCUT2D eigenvalue weighted by molar-refractivity contribution is -0.128. The van der Waals surface area contributed by atoms with E-state index in [2.05, 4.69) is 18.7 Å². The Labute approximate surface area is 194 Å². The molecule has 1 atom stereocenters. The van der Waals surface area contributed by atoms with Crippen LogP contribution >= 0.6 is 23.2 Å². The molecule has 1 unspecified atom stereocenters. The van der Waals surface area contributed by atoms with Gasteiger partial charge in [0.1, 0.15) is 0 Å². The number of hydrogen-bond acceptors (Lipinski definition) is 3. The zero-order valence-electron chi connectivity index (χ0n) is 19.8. The second-order valence-corrected chi connectivity index (χ2v) is 8.52. The van der Waals surface area contributed by atoms with Gasteiger partial charge in [-0.2, -0.15) is 0 Å². The molecule has 0 radical (unpaired) electrons. The fourth-order valence-corrected chi connectivity index (χ4v) is 3.89. The first-order valence-corrected chi connectivity index (χ1v) is 12.1. The van der Waals surface area contributed by atoms with Crippen molar-refractivity contribution in [1.82, 2.24) is 9.80 Å². The van der Waals surface area contributed by atoms with Gasteiger partial charge in [-0.3, -0.25) is 4.79 Å². The number of aliphatic hydroxyl groups is 1. The number of halogens is 2. The highest BCUT2D eigenvalue weighted by atomic mass is 35.5. The van der Waals surface area contributed by atoms with Crippen molar-refractivity contribution in [2.75, 3.05) is 32.7 Å². The first-order chi connectivity index (χ1) is 14.2. The van der Waals surface area contributed by atoms with Crippen molar-refractivity contribution in [2.45, 2.75) is 79.2 Å². The molecule has 2 rings (SSSR count). The van der Waals surface area contributed by atoms with Crippen LogP contribution in [0.25, 0.3) is 0 Å². The number of β-amino-alcohol motifs (C(OH)–C–C–N with tert-alkyl or cyclic N) is 1. The maximum absolute atomic E-state index is 11.3. The molecule has 30 heavy (non-hydrogen) atoms. The monoisotopic (exact) mass is 460 g/mol. The second kappa shape index (κ2) is 15.9. The van der Waals surface area contributed by atoms with Crippen molar-refractivity contribution in [3.05, 3.63) is 33.8 Å². The average molecular weight is 462 g/mol. The Morgan fingerprint density at radius 3 is 2.20 bits per heavy atom. The van der Waals surface area contributed by atoms with Crippen LogP contribution in [0.5, 0.6) is 0 Å². The highest BCUT2D eigenvalue weighted by Crippen LogP contribution is 2.26.